The fraction of sp³-hybridized carbons (Fsp3) is 0.909. The van der Waals surface area contributed by atoms with Gasteiger partial charge in [0.1, 0.15) is 0 Å². The molecule has 0 bridgehead atoms. The second kappa shape index (κ2) is 5.61. The van der Waals surface area contributed by atoms with Crippen LogP contribution in [-0.2, 0) is 9.53 Å². The van der Waals surface area contributed by atoms with E-state index in [9.17, 15) is 4.79 Å². The quantitative estimate of drug-likeness (QED) is 0.672. The van der Waals surface area contributed by atoms with Crippen molar-refractivity contribution in [2.45, 2.75) is 26.3 Å². The van der Waals surface area contributed by atoms with Gasteiger partial charge in [0.15, 0.2) is 0 Å². The first-order valence-electron chi connectivity index (χ1n) is 5.79. The van der Waals surface area contributed by atoms with Gasteiger partial charge in [-0.2, -0.15) is 0 Å². The van der Waals surface area contributed by atoms with E-state index in [4.69, 9.17) is 15.6 Å². The first kappa shape index (κ1) is 13.4. The topological polar surface area (TPSA) is 75.8 Å². The molecule has 0 aromatic rings. The van der Waals surface area contributed by atoms with Crippen LogP contribution in [0, 0.1) is 5.41 Å². The lowest BCUT2D eigenvalue weighted by Gasteiger charge is -2.32. The standard InChI is InChI=1S/C11H22N2O3/c1-3-13(5-4-6-14)10(15)11(2)8-16-7-9(11)12/h9,14H,3-8,12H2,1-2H3. The Kier molecular flexibility index (Phi) is 4.70. The van der Waals surface area contributed by atoms with Crippen molar-refractivity contribution < 1.29 is 14.6 Å². The molecule has 0 aliphatic carbocycles. The van der Waals surface area contributed by atoms with Crippen LogP contribution in [0.15, 0.2) is 0 Å². The van der Waals surface area contributed by atoms with Gasteiger partial charge in [0.05, 0.1) is 18.6 Å². The van der Waals surface area contributed by atoms with Gasteiger partial charge in [0.25, 0.3) is 0 Å². The Morgan fingerprint density at radius 2 is 2.38 bits per heavy atom. The van der Waals surface area contributed by atoms with Crippen LogP contribution in [0.1, 0.15) is 20.3 Å². The lowest BCUT2D eigenvalue weighted by molar-refractivity contribution is -0.141. The summed E-state index contributed by atoms with van der Waals surface area (Å²) in [7, 11) is 0. The third-order valence-electron chi connectivity index (χ3n) is 3.26. The highest BCUT2D eigenvalue weighted by atomic mass is 16.5. The van der Waals surface area contributed by atoms with Crippen LogP contribution in [0.3, 0.4) is 0 Å². The van der Waals surface area contributed by atoms with Gasteiger partial charge in [0.2, 0.25) is 5.91 Å². The molecule has 5 nitrogen and oxygen atoms in total. The first-order chi connectivity index (χ1) is 7.56. The number of hydrogen-bond donors (Lipinski definition) is 2. The van der Waals surface area contributed by atoms with Crippen LogP contribution in [0.2, 0.25) is 0 Å². The van der Waals surface area contributed by atoms with Gasteiger partial charge in [-0.25, -0.2) is 0 Å². The highest BCUT2D eigenvalue weighted by Gasteiger charge is 2.45. The van der Waals surface area contributed by atoms with Crippen molar-refractivity contribution in [1.82, 2.24) is 4.90 Å². The van der Waals surface area contributed by atoms with Crippen LogP contribution in [0.25, 0.3) is 0 Å². The Morgan fingerprint density at radius 1 is 1.69 bits per heavy atom. The van der Waals surface area contributed by atoms with Crippen molar-refractivity contribution in [1.29, 1.82) is 0 Å². The summed E-state index contributed by atoms with van der Waals surface area (Å²) in [5, 5.41) is 8.79. The molecule has 0 aromatic carbocycles. The minimum absolute atomic E-state index is 0.0356. The van der Waals surface area contributed by atoms with Crippen LogP contribution >= 0.6 is 0 Å². The number of carbonyl (C=O) groups is 1. The minimum atomic E-state index is -0.606. The van der Waals surface area contributed by atoms with E-state index in [2.05, 4.69) is 0 Å². The molecule has 3 N–H and O–H groups in total. The number of hydrogen-bond acceptors (Lipinski definition) is 4. The van der Waals surface area contributed by atoms with Gasteiger partial charge >= 0.3 is 0 Å². The highest BCUT2D eigenvalue weighted by Crippen LogP contribution is 2.29. The number of aliphatic hydroxyl groups is 1. The zero-order valence-corrected chi connectivity index (χ0v) is 10.1. The Hall–Kier alpha value is -0.650. The summed E-state index contributed by atoms with van der Waals surface area (Å²) in [5.41, 5.74) is 5.31. The maximum absolute atomic E-state index is 12.3. The van der Waals surface area contributed by atoms with E-state index in [1.165, 1.54) is 0 Å². The molecule has 1 amide bonds. The molecule has 1 saturated heterocycles. The highest BCUT2D eigenvalue weighted by molar-refractivity contribution is 5.83. The summed E-state index contributed by atoms with van der Waals surface area (Å²) in [6, 6.07) is -0.233. The van der Waals surface area contributed by atoms with Crippen LogP contribution in [-0.4, -0.2) is 54.9 Å². The fourth-order valence-corrected chi connectivity index (χ4v) is 1.94. The van der Waals surface area contributed by atoms with Crippen molar-refractivity contribution >= 4 is 5.91 Å². The first-order valence-corrected chi connectivity index (χ1v) is 5.79. The van der Waals surface area contributed by atoms with Crippen LogP contribution in [0.4, 0.5) is 0 Å². The smallest absolute Gasteiger partial charge is 0.232 e. The fourth-order valence-electron chi connectivity index (χ4n) is 1.94. The Balaban J connectivity index is 2.66. The lowest BCUT2D eigenvalue weighted by Crippen LogP contribution is -2.51. The van der Waals surface area contributed by atoms with Gasteiger partial charge in [-0.1, -0.05) is 0 Å². The predicted molar refractivity (Wildman–Crippen MR) is 60.9 cm³/mol. The molecular formula is C11H22N2O3. The molecule has 0 spiro atoms. The Labute approximate surface area is 96.6 Å². The number of amides is 1. The molecule has 1 aliphatic rings. The summed E-state index contributed by atoms with van der Waals surface area (Å²) >= 11 is 0. The SMILES string of the molecule is CCN(CCCO)C(=O)C1(C)COCC1N. The van der Waals surface area contributed by atoms with Gasteiger partial charge in [-0.15, -0.1) is 0 Å². The number of carbonyl (C=O) groups excluding carboxylic acids is 1. The number of aliphatic hydroxyl groups excluding tert-OH is 1. The van der Waals surface area contributed by atoms with Crippen molar-refractivity contribution in [2.24, 2.45) is 11.1 Å². The summed E-state index contributed by atoms with van der Waals surface area (Å²) < 4.78 is 5.27. The molecule has 2 atom stereocenters. The second-order valence-corrected chi connectivity index (χ2v) is 4.50. The molecule has 2 unspecified atom stereocenters. The molecule has 1 heterocycles. The molecule has 0 radical (unpaired) electrons. The van der Waals surface area contributed by atoms with Crippen molar-refractivity contribution in [2.75, 3.05) is 32.9 Å². The van der Waals surface area contributed by atoms with Gasteiger partial charge < -0.3 is 20.5 Å². The summed E-state index contributed by atoms with van der Waals surface area (Å²) in [4.78, 5) is 14.0. The largest absolute Gasteiger partial charge is 0.396 e. The zero-order valence-electron chi connectivity index (χ0n) is 10.1. The summed E-state index contributed by atoms with van der Waals surface area (Å²) in [6.45, 7) is 5.94. The third kappa shape index (κ3) is 2.53. The normalized spacial score (nSPS) is 29.4. The van der Waals surface area contributed by atoms with E-state index >= 15 is 0 Å². The van der Waals surface area contributed by atoms with E-state index in [1.54, 1.807) is 4.90 Å². The summed E-state index contributed by atoms with van der Waals surface area (Å²) in [5.74, 6) is 0.0356. The Bertz CT molecular complexity index is 247. The van der Waals surface area contributed by atoms with Crippen molar-refractivity contribution in [3.8, 4) is 0 Å². The van der Waals surface area contributed by atoms with Crippen molar-refractivity contribution in [3.05, 3.63) is 0 Å². The number of nitrogens with two attached hydrogens (primary N) is 1. The molecular weight excluding hydrogens is 208 g/mol. The predicted octanol–water partition coefficient (Wildman–Crippen LogP) is -0.419. The maximum Gasteiger partial charge on any atom is 0.232 e. The van der Waals surface area contributed by atoms with Crippen LogP contribution < -0.4 is 5.73 Å². The number of ether oxygens (including phenoxy) is 1. The molecule has 16 heavy (non-hydrogen) atoms. The monoisotopic (exact) mass is 230 g/mol. The van der Waals surface area contributed by atoms with Crippen LogP contribution in [0.5, 0.6) is 0 Å². The van der Waals surface area contributed by atoms with E-state index in [-0.39, 0.29) is 18.6 Å². The molecule has 1 fully saturated rings. The molecule has 0 saturated carbocycles. The molecule has 1 rings (SSSR count). The number of rotatable bonds is 5. The molecule has 1 aliphatic heterocycles. The van der Waals surface area contributed by atoms with Gasteiger partial charge in [-0.3, -0.25) is 4.79 Å². The van der Waals surface area contributed by atoms with E-state index in [1.807, 2.05) is 13.8 Å². The lowest BCUT2D eigenvalue weighted by atomic mass is 9.84. The van der Waals surface area contributed by atoms with Gasteiger partial charge in [0, 0.05) is 25.7 Å². The zero-order chi connectivity index (χ0) is 12.2. The van der Waals surface area contributed by atoms with E-state index < -0.39 is 5.41 Å². The molecule has 0 aromatic heterocycles. The van der Waals surface area contributed by atoms with Gasteiger partial charge in [-0.05, 0) is 20.3 Å². The Morgan fingerprint density at radius 3 is 2.81 bits per heavy atom. The maximum atomic E-state index is 12.3. The number of nitrogens with zero attached hydrogens (tertiary/aromatic N) is 1. The van der Waals surface area contributed by atoms with E-state index in [0.29, 0.717) is 32.7 Å². The average Bonchev–Trinajstić information content (AvgIpc) is 2.61. The molecule has 5 heteroatoms. The second-order valence-electron chi connectivity index (χ2n) is 4.50. The molecule has 94 valence electrons. The summed E-state index contributed by atoms with van der Waals surface area (Å²) in [6.07, 6.45) is 0.603. The van der Waals surface area contributed by atoms with E-state index in [0.717, 1.165) is 0 Å². The van der Waals surface area contributed by atoms with Crippen molar-refractivity contribution in [3.63, 3.8) is 0 Å². The average molecular weight is 230 g/mol. The third-order valence-corrected chi connectivity index (χ3v) is 3.26. The minimum Gasteiger partial charge on any atom is -0.396 e.